The molecule has 3 aliphatic heterocycles. The molecular weight excluding hydrogens is 386 g/mol. The van der Waals surface area contributed by atoms with Gasteiger partial charge in [0.1, 0.15) is 5.60 Å². The quantitative estimate of drug-likeness (QED) is 0.264. The Morgan fingerprint density at radius 3 is 2.81 bits per heavy atom. The highest BCUT2D eigenvalue weighted by atomic mass is 16.5. The van der Waals surface area contributed by atoms with E-state index >= 15 is 0 Å². The fourth-order valence-corrected chi connectivity index (χ4v) is 4.64. The zero-order chi connectivity index (χ0) is 22.1. The van der Waals surface area contributed by atoms with Crippen LogP contribution < -0.4 is 0 Å². The van der Waals surface area contributed by atoms with Crippen LogP contribution in [0.1, 0.15) is 68.6 Å². The van der Waals surface area contributed by atoms with E-state index in [-0.39, 0.29) is 11.9 Å². The predicted octanol–water partition coefficient (Wildman–Crippen LogP) is 4.28. The standard InChI is InChI=1S/C27H37NO3/c1-3-5-6-7-19-31-26(29)12-10-22-9-11-23(24(20-22)8-4-2)13-16-27(30)21-28-17-14-25(27)15-18-28/h4,9,11,20,25,30H,2-3,5-8,10,12,14-15,17-19,21H2,1H3. The molecule has 0 radical (unpaired) electrons. The van der Waals surface area contributed by atoms with Crippen LogP contribution in [0, 0.1) is 17.8 Å². The fourth-order valence-electron chi connectivity index (χ4n) is 4.64. The van der Waals surface area contributed by atoms with E-state index in [0.29, 0.717) is 32.4 Å². The molecule has 0 aliphatic carbocycles. The van der Waals surface area contributed by atoms with Crippen molar-refractivity contribution in [3.05, 3.63) is 47.5 Å². The van der Waals surface area contributed by atoms with E-state index in [1.54, 1.807) is 0 Å². The van der Waals surface area contributed by atoms with E-state index in [4.69, 9.17) is 4.74 Å². The summed E-state index contributed by atoms with van der Waals surface area (Å²) in [5, 5.41) is 11.1. The molecule has 1 unspecified atom stereocenters. The maximum absolute atomic E-state index is 12.0. The van der Waals surface area contributed by atoms with Gasteiger partial charge in [0.25, 0.3) is 0 Å². The number of unbranched alkanes of at least 4 members (excludes halogenated alkanes) is 3. The number of allylic oxidation sites excluding steroid dienone is 1. The first-order valence-electron chi connectivity index (χ1n) is 11.9. The molecule has 1 aromatic rings. The minimum absolute atomic E-state index is 0.129. The molecule has 4 heteroatoms. The predicted molar refractivity (Wildman–Crippen MR) is 125 cm³/mol. The van der Waals surface area contributed by atoms with Gasteiger partial charge in [0.15, 0.2) is 0 Å². The van der Waals surface area contributed by atoms with Gasteiger partial charge in [-0.2, -0.15) is 0 Å². The van der Waals surface area contributed by atoms with E-state index < -0.39 is 5.60 Å². The molecule has 0 amide bonds. The van der Waals surface area contributed by atoms with Gasteiger partial charge in [-0.15, -0.1) is 6.58 Å². The van der Waals surface area contributed by atoms with Gasteiger partial charge in [0.05, 0.1) is 6.61 Å². The maximum atomic E-state index is 12.0. The van der Waals surface area contributed by atoms with Crippen molar-refractivity contribution in [2.75, 3.05) is 26.2 Å². The lowest BCUT2D eigenvalue weighted by atomic mass is 9.75. The van der Waals surface area contributed by atoms with Crippen LogP contribution in [-0.2, 0) is 22.4 Å². The van der Waals surface area contributed by atoms with Crippen molar-refractivity contribution in [3.8, 4) is 11.8 Å². The van der Waals surface area contributed by atoms with Crippen LogP contribution in [0.5, 0.6) is 0 Å². The molecule has 1 atom stereocenters. The maximum Gasteiger partial charge on any atom is 0.306 e. The first-order valence-corrected chi connectivity index (χ1v) is 11.9. The zero-order valence-electron chi connectivity index (χ0n) is 19.0. The Morgan fingerprint density at radius 2 is 2.13 bits per heavy atom. The number of benzene rings is 1. The van der Waals surface area contributed by atoms with Crippen molar-refractivity contribution >= 4 is 5.97 Å². The number of carbonyl (C=O) groups is 1. The molecular formula is C27H37NO3. The van der Waals surface area contributed by atoms with Crippen LogP contribution in [0.15, 0.2) is 30.9 Å². The van der Waals surface area contributed by atoms with Crippen LogP contribution in [0.4, 0.5) is 0 Å². The number of hydrogen-bond acceptors (Lipinski definition) is 4. The number of rotatable bonds is 10. The van der Waals surface area contributed by atoms with E-state index in [9.17, 15) is 9.90 Å². The number of carbonyl (C=O) groups excluding carboxylic acids is 1. The van der Waals surface area contributed by atoms with E-state index in [1.807, 2.05) is 18.2 Å². The van der Waals surface area contributed by atoms with Crippen molar-refractivity contribution < 1.29 is 14.6 Å². The first kappa shape index (κ1) is 23.6. The number of nitrogens with zero attached hydrogens (tertiary/aromatic N) is 1. The number of aryl methyl sites for hydroxylation is 1. The molecule has 1 N–H and O–H groups in total. The highest BCUT2D eigenvalue weighted by molar-refractivity contribution is 5.69. The summed E-state index contributed by atoms with van der Waals surface area (Å²) in [5.74, 6) is 6.62. The molecule has 3 fully saturated rings. The molecule has 0 aromatic heterocycles. The second-order valence-corrected chi connectivity index (χ2v) is 8.99. The smallest absolute Gasteiger partial charge is 0.306 e. The Hall–Kier alpha value is -2.09. The van der Waals surface area contributed by atoms with Crippen molar-refractivity contribution in [1.29, 1.82) is 0 Å². The van der Waals surface area contributed by atoms with Gasteiger partial charge in [-0.05, 0) is 62.4 Å². The monoisotopic (exact) mass is 423 g/mol. The van der Waals surface area contributed by atoms with Crippen LogP contribution >= 0.6 is 0 Å². The van der Waals surface area contributed by atoms with E-state index in [0.717, 1.165) is 55.5 Å². The summed E-state index contributed by atoms with van der Waals surface area (Å²) >= 11 is 0. The second kappa shape index (κ2) is 11.5. The first-order chi connectivity index (χ1) is 15.0. The van der Waals surface area contributed by atoms with Gasteiger partial charge in [-0.3, -0.25) is 9.69 Å². The second-order valence-electron chi connectivity index (χ2n) is 8.99. The van der Waals surface area contributed by atoms with Crippen LogP contribution in [-0.4, -0.2) is 47.8 Å². The van der Waals surface area contributed by atoms with Gasteiger partial charge >= 0.3 is 5.97 Å². The third-order valence-corrected chi connectivity index (χ3v) is 6.55. The normalized spacial score (nSPS) is 24.3. The van der Waals surface area contributed by atoms with Crippen molar-refractivity contribution in [3.63, 3.8) is 0 Å². The average Bonchev–Trinajstić information content (AvgIpc) is 2.78. The molecule has 1 aromatic carbocycles. The number of ether oxygens (including phenoxy) is 1. The molecule has 3 heterocycles. The van der Waals surface area contributed by atoms with Crippen molar-refractivity contribution in [2.45, 2.75) is 70.3 Å². The Bertz CT molecular complexity index is 814. The zero-order valence-corrected chi connectivity index (χ0v) is 19.0. The minimum Gasteiger partial charge on any atom is -0.466 e. The molecule has 3 saturated heterocycles. The van der Waals surface area contributed by atoms with Gasteiger partial charge < -0.3 is 9.84 Å². The summed E-state index contributed by atoms with van der Waals surface area (Å²) < 4.78 is 5.34. The fraction of sp³-hybridized carbons (Fsp3) is 0.593. The van der Waals surface area contributed by atoms with Gasteiger partial charge in [-0.1, -0.05) is 56.2 Å². The molecule has 0 saturated carbocycles. The summed E-state index contributed by atoms with van der Waals surface area (Å²) in [6, 6.07) is 6.16. The lowest BCUT2D eigenvalue weighted by Gasteiger charge is -2.47. The molecule has 31 heavy (non-hydrogen) atoms. The Kier molecular flexibility index (Phi) is 8.75. The molecule has 3 aliphatic rings. The molecule has 168 valence electrons. The summed E-state index contributed by atoms with van der Waals surface area (Å²) in [5.41, 5.74) is 2.23. The van der Waals surface area contributed by atoms with Crippen molar-refractivity contribution in [2.24, 2.45) is 5.92 Å². The van der Waals surface area contributed by atoms with Gasteiger partial charge in [-0.25, -0.2) is 0 Å². The lowest BCUT2D eigenvalue weighted by Crippen LogP contribution is -2.58. The van der Waals surface area contributed by atoms with Gasteiger partial charge in [0, 0.05) is 24.4 Å². The Morgan fingerprint density at radius 1 is 1.32 bits per heavy atom. The van der Waals surface area contributed by atoms with Gasteiger partial charge in [0.2, 0.25) is 0 Å². The number of hydrogen-bond donors (Lipinski definition) is 1. The molecule has 4 rings (SSSR count). The molecule has 2 bridgehead atoms. The summed E-state index contributed by atoms with van der Waals surface area (Å²) in [6.07, 6.45) is 10.1. The molecule has 0 spiro atoms. The Labute approximate surface area is 187 Å². The largest absolute Gasteiger partial charge is 0.466 e. The number of aliphatic hydroxyl groups is 1. The van der Waals surface area contributed by atoms with E-state index in [2.05, 4.69) is 36.3 Å². The highest BCUT2D eigenvalue weighted by Crippen LogP contribution is 2.35. The number of esters is 1. The van der Waals surface area contributed by atoms with Crippen LogP contribution in [0.2, 0.25) is 0 Å². The summed E-state index contributed by atoms with van der Waals surface area (Å²) in [7, 11) is 0. The van der Waals surface area contributed by atoms with Crippen LogP contribution in [0.3, 0.4) is 0 Å². The average molecular weight is 424 g/mol. The van der Waals surface area contributed by atoms with E-state index in [1.165, 1.54) is 12.8 Å². The van der Waals surface area contributed by atoms with Crippen LogP contribution in [0.25, 0.3) is 0 Å². The minimum atomic E-state index is -0.901. The third kappa shape index (κ3) is 6.69. The third-order valence-electron chi connectivity index (χ3n) is 6.55. The summed E-state index contributed by atoms with van der Waals surface area (Å²) in [6.45, 7) is 9.37. The van der Waals surface area contributed by atoms with Crippen molar-refractivity contribution in [1.82, 2.24) is 4.90 Å². The SMILES string of the molecule is C=CCc1cc(CCC(=O)OCCCCCC)ccc1C#CC1(O)CN2CCC1CC2. The topological polar surface area (TPSA) is 49.8 Å². The summed E-state index contributed by atoms with van der Waals surface area (Å²) in [4.78, 5) is 14.3. The highest BCUT2D eigenvalue weighted by Gasteiger charge is 2.44. The number of piperidine rings is 3. The molecule has 4 nitrogen and oxygen atoms in total. The number of fused-ring (bicyclic) bond motifs is 3. The Balaban J connectivity index is 1.59. The lowest BCUT2D eigenvalue weighted by molar-refractivity contribution is -0.143.